The van der Waals surface area contributed by atoms with Gasteiger partial charge in [0.1, 0.15) is 18.2 Å². The van der Waals surface area contributed by atoms with Crippen LogP contribution in [0.5, 0.6) is 0 Å². The molecule has 1 fully saturated rings. The number of aromatic nitrogens is 1. The highest BCUT2D eigenvalue weighted by molar-refractivity contribution is 6.12. The minimum Gasteiger partial charge on any atom is -0.456 e. The van der Waals surface area contributed by atoms with Gasteiger partial charge in [0, 0.05) is 16.8 Å². The van der Waals surface area contributed by atoms with Crippen molar-refractivity contribution in [3.63, 3.8) is 0 Å². The first-order valence-electron chi connectivity index (χ1n) is 11.8. The average Bonchev–Trinajstić information content (AvgIpc) is 3.48. The fourth-order valence-electron chi connectivity index (χ4n) is 5.70. The lowest BCUT2D eigenvalue weighted by atomic mass is 9.91. The largest absolute Gasteiger partial charge is 0.456 e. The third kappa shape index (κ3) is 3.05. The highest BCUT2D eigenvalue weighted by Gasteiger charge is 2.25. The second kappa shape index (κ2) is 7.46. The van der Waals surface area contributed by atoms with Crippen LogP contribution in [0.15, 0.2) is 59.1 Å². The Morgan fingerprint density at radius 1 is 0.939 bits per heavy atom. The lowest BCUT2D eigenvalue weighted by Crippen LogP contribution is -2.31. The highest BCUT2D eigenvalue weighted by Crippen LogP contribution is 2.42. The van der Waals surface area contributed by atoms with Gasteiger partial charge >= 0.3 is 0 Å². The van der Waals surface area contributed by atoms with E-state index in [1.807, 2.05) is 18.2 Å². The fourth-order valence-corrected chi connectivity index (χ4v) is 5.70. The SMILES string of the molecule is [C-]#[N+]c1ccc2c(c1)oc1c(-c3c4ccc(C5CCCC5)cc4cc[n+]3C)c(C)c(C)cc12. The Bertz CT molecular complexity index is 1610. The van der Waals surface area contributed by atoms with E-state index in [2.05, 4.69) is 66.8 Å². The van der Waals surface area contributed by atoms with E-state index in [4.69, 9.17) is 11.0 Å². The van der Waals surface area contributed by atoms with Crippen molar-refractivity contribution < 1.29 is 8.98 Å². The lowest BCUT2D eigenvalue weighted by molar-refractivity contribution is -0.659. The molecule has 2 aromatic heterocycles. The molecule has 0 N–H and O–H groups in total. The topological polar surface area (TPSA) is 21.4 Å². The second-order valence-corrected chi connectivity index (χ2v) is 9.57. The van der Waals surface area contributed by atoms with E-state index in [9.17, 15) is 0 Å². The van der Waals surface area contributed by atoms with Crippen molar-refractivity contribution in [1.82, 2.24) is 0 Å². The van der Waals surface area contributed by atoms with Gasteiger partial charge in [0.05, 0.1) is 17.5 Å². The molecule has 0 aliphatic heterocycles. The van der Waals surface area contributed by atoms with Gasteiger partial charge in [-0.2, -0.15) is 0 Å². The minimum atomic E-state index is 0.603. The number of aryl methyl sites for hydroxylation is 2. The third-order valence-corrected chi connectivity index (χ3v) is 7.62. The predicted octanol–water partition coefficient (Wildman–Crippen LogP) is 8.06. The maximum Gasteiger partial charge on any atom is 0.224 e. The summed E-state index contributed by atoms with van der Waals surface area (Å²) in [7, 11) is 2.12. The van der Waals surface area contributed by atoms with Crippen LogP contribution in [0.3, 0.4) is 0 Å². The molecule has 6 rings (SSSR count). The average molecular weight is 432 g/mol. The zero-order valence-electron chi connectivity index (χ0n) is 19.4. The molecule has 3 heteroatoms. The molecule has 0 unspecified atom stereocenters. The number of hydrogen-bond acceptors (Lipinski definition) is 1. The fraction of sp³-hybridized carbons (Fsp3) is 0.267. The second-order valence-electron chi connectivity index (χ2n) is 9.57. The van der Waals surface area contributed by atoms with Crippen LogP contribution >= 0.6 is 0 Å². The van der Waals surface area contributed by atoms with Gasteiger partial charge in [-0.1, -0.05) is 37.1 Å². The molecular formula is C30H27N2O+. The maximum atomic E-state index is 7.38. The molecule has 3 aromatic carbocycles. The van der Waals surface area contributed by atoms with Crippen molar-refractivity contribution in [2.24, 2.45) is 7.05 Å². The molecule has 1 saturated carbocycles. The molecule has 1 aliphatic rings. The van der Waals surface area contributed by atoms with Crippen LogP contribution in [0.25, 0.3) is 48.8 Å². The summed E-state index contributed by atoms with van der Waals surface area (Å²) in [6, 6.07) is 17.3. The van der Waals surface area contributed by atoms with Gasteiger partial charge in [0.25, 0.3) is 0 Å². The van der Waals surface area contributed by atoms with Crippen molar-refractivity contribution in [2.45, 2.75) is 45.4 Å². The van der Waals surface area contributed by atoms with Crippen LogP contribution in [0.1, 0.15) is 48.3 Å². The normalized spacial score (nSPS) is 14.5. The summed E-state index contributed by atoms with van der Waals surface area (Å²) in [4.78, 5) is 3.59. The number of pyridine rings is 1. The van der Waals surface area contributed by atoms with Crippen LogP contribution in [-0.2, 0) is 7.05 Å². The van der Waals surface area contributed by atoms with Crippen LogP contribution < -0.4 is 4.57 Å². The van der Waals surface area contributed by atoms with Gasteiger partial charge in [-0.15, -0.1) is 0 Å². The van der Waals surface area contributed by atoms with Gasteiger partial charge in [-0.3, -0.25) is 0 Å². The molecule has 0 spiro atoms. The molecule has 1 aliphatic carbocycles. The molecule has 0 saturated heterocycles. The molecular weight excluding hydrogens is 404 g/mol. The van der Waals surface area contributed by atoms with Crippen molar-refractivity contribution >= 4 is 38.4 Å². The maximum absolute atomic E-state index is 7.38. The smallest absolute Gasteiger partial charge is 0.224 e. The van der Waals surface area contributed by atoms with E-state index >= 15 is 0 Å². The van der Waals surface area contributed by atoms with Gasteiger partial charge in [0.2, 0.25) is 5.69 Å². The zero-order chi connectivity index (χ0) is 22.7. The lowest BCUT2D eigenvalue weighted by Gasteiger charge is -2.13. The first-order chi connectivity index (χ1) is 16.0. The summed E-state index contributed by atoms with van der Waals surface area (Å²) in [6.07, 6.45) is 7.48. The zero-order valence-corrected chi connectivity index (χ0v) is 19.4. The van der Waals surface area contributed by atoms with Crippen LogP contribution in [0.4, 0.5) is 5.69 Å². The third-order valence-electron chi connectivity index (χ3n) is 7.62. The van der Waals surface area contributed by atoms with Gasteiger partial charge < -0.3 is 4.42 Å². The highest BCUT2D eigenvalue weighted by atomic mass is 16.3. The summed E-state index contributed by atoms with van der Waals surface area (Å²) >= 11 is 0. The van der Waals surface area contributed by atoms with Crippen molar-refractivity contribution in [3.05, 3.63) is 82.8 Å². The molecule has 33 heavy (non-hydrogen) atoms. The number of hydrogen-bond donors (Lipinski definition) is 0. The standard InChI is InChI=1S/C30H27N2O/c1-18-15-26-25-12-10-23(31-3)17-27(25)33-30(26)28(19(18)2)29-24-11-9-21(20-7-5-6-8-20)16-22(24)13-14-32(29)4/h9-17,20H,5-8H2,1-2,4H3/q+1. The Morgan fingerprint density at radius 2 is 1.73 bits per heavy atom. The summed E-state index contributed by atoms with van der Waals surface area (Å²) in [6.45, 7) is 11.7. The monoisotopic (exact) mass is 431 g/mol. The van der Waals surface area contributed by atoms with E-state index in [0.717, 1.165) is 27.5 Å². The van der Waals surface area contributed by atoms with Gasteiger partial charge in [-0.25, -0.2) is 9.41 Å². The minimum absolute atomic E-state index is 0.603. The number of rotatable bonds is 2. The van der Waals surface area contributed by atoms with Crippen molar-refractivity contribution in [3.8, 4) is 11.3 Å². The molecule has 3 nitrogen and oxygen atoms in total. The van der Waals surface area contributed by atoms with E-state index < -0.39 is 0 Å². The van der Waals surface area contributed by atoms with Crippen LogP contribution in [0.2, 0.25) is 0 Å². The first kappa shape index (κ1) is 20.0. The number of benzene rings is 3. The van der Waals surface area contributed by atoms with Gasteiger partial charge in [0.15, 0.2) is 11.9 Å². The Balaban J connectivity index is 1.67. The molecule has 2 heterocycles. The van der Waals surface area contributed by atoms with Gasteiger partial charge in [-0.05, 0) is 72.9 Å². The van der Waals surface area contributed by atoms with E-state index in [-0.39, 0.29) is 0 Å². The molecule has 0 radical (unpaired) electrons. The number of furan rings is 1. The Labute approximate surface area is 194 Å². The molecule has 0 atom stereocenters. The summed E-state index contributed by atoms with van der Waals surface area (Å²) < 4.78 is 8.69. The Hall–Kier alpha value is -3.64. The number of nitrogens with zero attached hydrogens (tertiary/aromatic N) is 2. The summed E-state index contributed by atoms with van der Waals surface area (Å²) in [5.41, 5.74) is 8.56. The first-order valence-corrected chi connectivity index (χ1v) is 11.8. The molecule has 0 amide bonds. The van der Waals surface area contributed by atoms with Crippen LogP contribution in [-0.4, -0.2) is 0 Å². The molecule has 162 valence electrons. The number of fused-ring (bicyclic) bond motifs is 4. The Morgan fingerprint density at radius 3 is 2.52 bits per heavy atom. The molecule has 0 bridgehead atoms. The van der Waals surface area contributed by atoms with Crippen LogP contribution in [0, 0.1) is 20.4 Å². The Kier molecular flexibility index (Phi) is 4.52. The van der Waals surface area contributed by atoms with Crippen molar-refractivity contribution in [2.75, 3.05) is 0 Å². The van der Waals surface area contributed by atoms with E-state index in [0.29, 0.717) is 11.6 Å². The quantitative estimate of drug-likeness (QED) is 0.205. The van der Waals surface area contributed by atoms with Crippen molar-refractivity contribution in [1.29, 1.82) is 0 Å². The van der Waals surface area contributed by atoms with E-state index in [1.54, 1.807) is 0 Å². The molecule has 5 aromatic rings. The summed E-state index contributed by atoms with van der Waals surface area (Å²) in [5.74, 6) is 0.700. The summed E-state index contributed by atoms with van der Waals surface area (Å²) in [5, 5.41) is 4.71. The predicted molar refractivity (Wildman–Crippen MR) is 135 cm³/mol. The van der Waals surface area contributed by atoms with E-state index in [1.165, 1.54) is 58.8 Å².